The van der Waals surface area contributed by atoms with Gasteiger partial charge in [0.15, 0.2) is 0 Å². The van der Waals surface area contributed by atoms with Crippen LogP contribution < -0.4 is 11.1 Å². The lowest BCUT2D eigenvalue weighted by molar-refractivity contribution is 0.0698. The zero-order chi connectivity index (χ0) is 14.3. The largest absolute Gasteiger partial charge is 0.478 e. The van der Waals surface area contributed by atoms with Gasteiger partial charge in [-0.15, -0.1) is 0 Å². The van der Waals surface area contributed by atoms with Crippen LogP contribution in [0.15, 0.2) is 18.2 Å². The predicted octanol–water partition coefficient (Wildman–Crippen LogP) is 2.44. The number of nitrogens with one attached hydrogen (secondary N) is 1. The van der Waals surface area contributed by atoms with Gasteiger partial charge in [0.05, 0.1) is 5.56 Å². The topological polar surface area (TPSA) is 84.6 Å². The Hall–Kier alpha value is -1.75. The molecule has 19 heavy (non-hydrogen) atoms. The molecule has 0 fully saturated rings. The highest BCUT2D eigenvalue weighted by Crippen LogP contribution is 2.18. The molecular formula is C14H22N2O3. The van der Waals surface area contributed by atoms with Crippen LogP contribution in [0.2, 0.25) is 0 Å². The van der Waals surface area contributed by atoms with Crippen LogP contribution in [0.25, 0.3) is 0 Å². The number of rotatable bonds is 8. The van der Waals surface area contributed by atoms with Gasteiger partial charge in [0.1, 0.15) is 0 Å². The maximum Gasteiger partial charge on any atom is 0.337 e. The zero-order valence-electron chi connectivity index (χ0n) is 11.5. The highest BCUT2D eigenvalue weighted by atomic mass is 16.5. The maximum atomic E-state index is 11.1. The zero-order valence-corrected chi connectivity index (χ0v) is 11.5. The van der Waals surface area contributed by atoms with Gasteiger partial charge in [-0.1, -0.05) is 13.8 Å². The van der Waals surface area contributed by atoms with Gasteiger partial charge in [0.2, 0.25) is 0 Å². The number of nitrogen functional groups attached to an aromatic ring is 1. The number of carbonyl (C=O) groups is 1. The highest BCUT2D eigenvalue weighted by Gasteiger charge is 2.09. The number of benzene rings is 1. The van der Waals surface area contributed by atoms with E-state index in [1.807, 2.05) is 0 Å². The molecule has 1 rings (SSSR count). The van der Waals surface area contributed by atoms with Crippen molar-refractivity contribution >= 4 is 17.3 Å². The molecule has 0 aliphatic heterocycles. The van der Waals surface area contributed by atoms with E-state index in [0.717, 1.165) is 13.0 Å². The standard InChI is InChI=1S/C14H22N2O3/c1-10(2)9-19-7-3-6-16-13-5-4-11(15)8-12(13)14(17)18/h4-5,8,10,16H,3,6-7,9,15H2,1-2H3,(H,17,18). The molecule has 0 spiro atoms. The summed E-state index contributed by atoms with van der Waals surface area (Å²) in [5.74, 6) is -0.450. The molecule has 0 unspecified atom stereocenters. The quantitative estimate of drug-likeness (QED) is 0.497. The number of hydrogen-bond acceptors (Lipinski definition) is 4. The number of anilines is 2. The van der Waals surface area contributed by atoms with E-state index in [2.05, 4.69) is 19.2 Å². The van der Waals surface area contributed by atoms with Gasteiger partial charge in [-0.05, 0) is 30.5 Å². The molecule has 106 valence electrons. The molecule has 5 nitrogen and oxygen atoms in total. The van der Waals surface area contributed by atoms with Crippen LogP contribution in [0, 0.1) is 5.92 Å². The number of hydrogen-bond donors (Lipinski definition) is 3. The van der Waals surface area contributed by atoms with Crippen molar-refractivity contribution in [2.45, 2.75) is 20.3 Å². The van der Waals surface area contributed by atoms with Gasteiger partial charge in [-0.2, -0.15) is 0 Å². The molecular weight excluding hydrogens is 244 g/mol. The monoisotopic (exact) mass is 266 g/mol. The summed E-state index contributed by atoms with van der Waals surface area (Å²) in [6, 6.07) is 4.83. The minimum atomic E-state index is -0.981. The molecule has 0 aromatic heterocycles. The van der Waals surface area contributed by atoms with Crippen molar-refractivity contribution < 1.29 is 14.6 Å². The second kappa shape index (κ2) is 7.63. The SMILES string of the molecule is CC(C)COCCCNc1ccc(N)cc1C(=O)O. The fourth-order valence-electron chi connectivity index (χ4n) is 1.61. The number of nitrogens with two attached hydrogens (primary N) is 1. The molecule has 0 saturated heterocycles. The third-order valence-corrected chi connectivity index (χ3v) is 2.51. The number of aromatic carboxylic acids is 1. The van der Waals surface area contributed by atoms with Crippen molar-refractivity contribution in [2.24, 2.45) is 5.92 Å². The van der Waals surface area contributed by atoms with Crippen molar-refractivity contribution in [2.75, 3.05) is 30.8 Å². The van der Waals surface area contributed by atoms with E-state index < -0.39 is 5.97 Å². The van der Waals surface area contributed by atoms with Crippen LogP contribution in [0.4, 0.5) is 11.4 Å². The Labute approximate surface area is 113 Å². The molecule has 0 aliphatic carbocycles. The van der Waals surface area contributed by atoms with Gasteiger partial charge >= 0.3 is 5.97 Å². The molecule has 0 aliphatic rings. The second-order valence-electron chi connectivity index (χ2n) is 4.86. The molecule has 1 aromatic rings. The normalized spacial score (nSPS) is 10.7. The predicted molar refractivity (Wildman–Crippen MR) is 76.6 cm³/mol. The summed E-state index contributed by atoms with van der Waals surface area (Å²) in [6.45, 7) is 6.30. The third kappa shape index (κ3) is 5.61. The Balaban J connectivity index is 2.39. The van der Waals surface area contributed by atoms with Crippen molar-refractivity contribution in [1.82, 2.24) is 0 Å². The molecule has 1 aromatic carbocycles. The molecule has 0 saturated carbocycles. The summed E-state index contributed by atoms with van der Waals surface area (Å²) >= 11 is 0. The van der Waals surface area contributed by atoms with Crippen LogP contribution in [0.1, 0.15) is 30.6 Å². The molecule has 0 heterocycles. The van der Waals surface area contributed by atoms with Gasteiger partial charge in [-0.3, -0.25) is 0 Å². The first-order chi connectivity index (χ1) is 9.00. The Morgan fingerprint density at radius 2 is 2.21 bits per heavy atom. The van der Waals surface area contributed by atoms with E-state index in [1.165, 1.54) is 6.07 Å². The number of ether oxygens (including phenoxy) is 1. The molecule has 0 bridgehead atoms. The Kier molecular flexibility index (Phi) is 6.15. The van der Waals surface area contributed by atoms with Crippen LogP contribution in [-0.2, 0) is 4.74 Å². The minimum Gasteiger partial charge on any atom is -0.478 e. The third-order valence-electron chi connectivity index (χ3n) is 2.51. The van der Waals surface area contributed by atoms with E-state index in [4.69, 9.17) is 15.6 Å². The average molecular weight is 266 g/mol. The molecule has 4 N–H and O–H groups in total. The van der Waals surface area contributed by atoms with Crippen molar-refractivity contribution in [3.8, 4) is 0 Å². The lowest BCUT2D eigenvalue weighted by atomic mass is 10.1. The highest BCUT2D eigenvalue weighted by molar-refractivity contribution is 5.95. The van der Waals surface area contributed by atoms with E-state index in [9.17, 15) is 4.79 Å². The first-order valence-corrected chi connectivity index (χ1v) is 6.45. The maximum absolute atomic E-state index is 11.1. The summed E-state index contributed by atoms with van der Waals surface area (Å²) in [5, 5.41) is 12.2. The van der Waals surface area contributed by atoms with Crippen molar-refractivity contribution in [3.63, 3.8) is 0 Å². The van der Waals surface area contributed by atoms with Crippen LogP contribution in [0.3, 0.4) is 0 Å². The summed E-state index contributed by atoms with van der Waals surface area (Å²) in [4.78, 5) is 11.1. The second-order valence-corrected chi connectivity index (χ2v) is 4.86. The summed E-state index contributed by atoms with van der Waals surface area (Å²) in [7, 11) is 0. The van der Waals surface area contributed by atoms with Gasteiger partial charge in [0, 0.05) is 31.1 Å². The van der Waals surface area contributed by atoms with Gasteiger partial charge < -0.3 is 20.9 Å². The van der Waals surface area contributed by atoms with Crippen LogP contribution in [-0.4, -0.2) is 30.8 Å². The Morgan fingerprint density at radius 1 is 1.47 bits per heavy atom. The van der Waals surface area contributed by atoms with E-state index in [0.29, 0.717) is 30.4 Å². The van der Waals surface area contributed by atoms with E-state index in [-0.39, 0.29) is 5.56 Å². The molecule has 0 radical (unpaired) electrons. The number of carboxylic acid groups (broad SMARTS) is 1. The molecule has 0 amide bonds. The summed E-state index contributed by atoms with van der Waals surface area (Å²) < 4.78 is 5.45. The van der Waals surface area contributed by atoms with E-state index in [1.54, 1.807) is 12.1 Å². The minimum absolute atomic E-state index is 0.197. The summed E-state index contributed by atoms with van der Waals surface area (Å²) in [5.41, 5.74) is 6.81. The fourth-order valence-corrected chi connectivity index (χ4v) is 1.61. The van der Waals surface area contributed by atoms with Crippen LogP contribution >= 0.6 is 0 Å². The van der Waals surface area contributed by atoms with Crippen molar-refractivity contribution in [1.29, 1.82) is 0 Å². The van der Waals surface area contributed by atoms with Crippen molar-refractivity contribution in [3.05, 3.63) is 23.8 Å². The Morgan fingerprint density at radius 3 is 2.84 bits per heavy atom. The lowest BCUT2D eigenvalue weighted by Crippen LogP contribution is -2.11. The first-order valence-electron chi connectivity index (χ1n) is 6.45. The lowest BCUT2D eigenvalue weighted by Gasteiger charge is -2.11. The fraction of sp³-hybridized carbons (Fsp3) is 0.500. The average Bonchev–Trinajstić information content (AvgIpc) is 2.34. The van der Waals surface area contributed by atoms with Gasteiger partial charge in [-0.25, -0.2) is 4.79 Å². The number of carboxylic acids is 1. The Bertz CT molecular complexity index is 419. The smallest absolute Gasteiger partial charge is 0.337 e. The van der Waals surface area contributed by atoms with Crippen LogP contribution in [0.5, 0.6) is 0 Å². The van der Waals surface area contributed by atoms with E-state index >= 15 is 0 Å². The summed E-state index contributed by atoms with van der Waals surface area (Å²) in [6.07, 6.45) is 0.830. The van der Waals surface area contributed by atoms with Gasteiger partial charge in [0.25, 0.3) is 0 Å². The first kappa shape index (κ1) is 15.3. The molecule has 5 heteroatoms. The molecule has 0 atom stereocenters.